The second kappa shape index (κ2) is 10.5. The molecule has 1 aromatic carbocycles. The zero-order valence-electron chi connectivity index (χ0n) is 18.6. The average Bonchev–Trinajstić information content (AvgIpc) is 3.06. The molecule has 2 aliphatic carbocycles. The first kappa shape index (κ1) is 23.5. The van der Waals surface area contributed by atoms with E-state index in [1.807, 2.05) is 19.1 Å². The molecule has 6 atom stereocenters. The van der Waals surface area contributed by atoms with Gasteiger partial charge in [-0.05, 0) is 80.4 Å². The highest BCUT2D eigenvalue weighted by Crippen LogP contribution is 2.48. The van der Waals surface area contributed by atoms with Gasteiger partial charge in [0.05, 0.1) is 6.10 Å². The number of aliphatic hydroxyl groups is 1. The number of carbonyl (C=O) groups is 2. The van der Waals surface area contributed by atoms with Crippen LogP contribution >= 0.6 is 0 Å². The van der Waals surface area contributed by atoms with Crippen LogP contribution in [0.3, 0.4) is 0 Å². The lowest BCUT2D eigenvalue weighted by atomic mass is 9.73. The topological polar surface area (TPSA) is 102 Å². The minimum absolute atomic E-state index is 0.161. The Morgan fingerprint density at radius 3 is 2.71 bits per heavy atom. The largest absolute Gasteiger partial charge is 0.482 e. The number of fused-ring (bicyclic) bond motifs is 2. The van der Waals surface area contributed by atoms with Crippen LogP contribution in [0.4, 0.5) is 0 Å². The van der Waals surface area contributed by atoms with Crippen LogP contribution in [-0.4, -0.2) is 54.2 Å². The highest BCUT2D eigenvalue weighted by molar-refractivity contribution is 5.74. The van der Waals surface area contributed by atoms with Gasteiger partial charge in [0.15, 0.2) is 12.7 Å². The molecule has 7 nitrogen and oxygen atoms in total. The Morgan fingerprint density at radius 1 is 1.26 bits per heavy atom. The van der Waals surface area contributed by atoms with Crippen molar-refractivity contribution in [3.05, 3.63) is 29.3 Å². The summed E-state index contributed by atoms with van der Waals surface area (Å²) >= 11 is 0. The number of carboxylic acid groups (broad SMARTS) is 1. The molecule has 0 amide bonds. The fourth-order valence-electron chi connectivity index (χ4n) is 5.16. The monoisotopic (exact) mass is 434 g/mol. The minimum atomic E-state index is -0.992. The number of carboxylic acids is 1. The second-order valence-corrected chi connectivity index (χ2v) is 8.80. The highest BCUT2D eigenvalue weighted by Gasteiger charge is 2.45. The van der Waals surface area contributed by atoms with Crippen molar-refractivity contribution < 1.29 is 34.0 Å². The number of esters is 1. The number of benzene rings is 1. The summed E-state index contributed by atoms with van der Waals surface area (Å²) in [5.41, 5.74) is 2.25. The summed E-state index contributed by atoms with van der Waals surface area (Å²) in [7, 11) is 1.49. The zero-order chi connectivity index (χ0) is 22.5. The summed E-state index contributed by atoms with van der Waals surface area (Å²) in [6.07, 6.45) is 3.50. The molecular weight excluding hydrogens is 400 g/mol. The Hall–Kier alpha value is -2.12. The summed E-state index contributed by atoms with van der Waals surface area (Å²) in [6.45, 7) is 3.32. The molecule has 0 aliphatic heterocycles. The number of aliphatic carboxylic acids is 1. The van der Waals surface area contributed by atoms with Crippen molar-refractivity contribution in [2.45, 2.75) is 70.7 Å². The van der Waals surface area contributed by atoms with Crippen LogP contribution in [0.1, 0.15) is 50.7 Å². The molecule has 2 N–H and O–H groups in total. The standard InChI is InChI=1S/C24H34O7/c1-4-17(31-24(28)14(2)29-3)8-9-18-19-10-15-6-5-7-22(30-13-23(26)27)20(15)11-16(19)12-21(18)25/h5-7,14,16-19,21,25H,4,8-13H2,1-3H3,(H,26,27)/t14-,16-,17-,18+,19-,21+/m0/s1. The number of carbonyl (C=O) groups excluding carboxylic acids is 1. The molecular formula is C24H34O7. The average molecular weight is 435 g/mol. The second-order valence-electron chi connectivity index (χ2n) is 8.80. The van der Waals surface area contributed by atoms with Crippen LogP contribution in [0.2, 0.25) is 0 Å². The first-order chi connectivity index (χ1) is 14.8. The Morgan fingerprint density at radius 2 is 2.03 bits per heavy atom. The molecule has 31 heavy (non-hydrogen) atoms. The van der Waals surface area contributed by atoms with Gasteiger partial charge in [-0.3, -0.25) is 0 Å². The van der Waals surface area contributed by atoms with Gasteiger partial charge < -0.3 is 24.4 Å². The molecule has 0 heterocycles. The fraction of sp³-hybridized carbons (Fsp3) is 0.667. The van der Waals surface area contributed by atoms with Crippen molar-refractivity contribution in [1.82, 2.24) is 0 Å². The van der Waals surface area contributed by atoms with E-state index in [1.54, 1.807) is 6.92 Å². The number of methoxy groups -OCH3 is 1. The molecule has 1 aromatic rings. The van der Waals surface area contributed by atoms with E-state index in [-0.39, 0.29) is 30.7 Å². The van der Waals surface area contributed by atoms with Crippen molar-refractivity contribution in [2.24, 2.45) is 17.8 Å². The molecule has 1 saturated carbocycles. The molecule has 172 valence electrons. The van der Waals surface area contributed by atoms with Crippen molar-refractivity contribution in [3.8, 4) is 5.75 Å². The number of rotatable bonds is 10. The molecule has 0 saturated heterocycles. The van der Waals surface area contributed by atoms with E-state index in [2.05, 4.69) is 6.07 Å². The molecule has 0 bridgehead atoms. The van der Waals surface area contributed by atoms with E-state index in [9.17, 15) is 14.7 Å². The minimum Gasteiger partial charge on any atom is -0.482 e. The predicted octanol–water partition coefficient (Wildman–Crippen LogP) is 3.00. The normalized spacial score (nSPS) is 26.5. The van der Waals surface area contributed by atoms with E-state index in [4.69, 9.17) is 19.3 Å². The lowest BCUT2D eigenvalue weighted by molar-refractivity contribution is -0.160. The Bertz CT molecular complexity index is 777. The number of aliphatic hydroxyl groups excluding tert-OH is 1. The zero-order valence-corrected chi connectivity index (χ0v) is 18.6. The maximum absolute atomic E-state index is 12.1. The number of hydrogen-bond donors (Lipinski definition) is 2. The van der Waals surface area contributed by atoms with Gasteiger partial charge in [0.1, 0.15) is 11.9 Å². The highest BCUT2D eigenvalue weighted by atomic mass is 16.6. The summed E-state index contributed by atoms with van der Waals surface area (Å²) < 4.78 is 16.1. The Balaban J connectivity index is 1.65. The van der Waals surface area contributed by atoms with Gasteiger partial charge in [-0.1, -0.05) is 19.1 Å². The van der Waals surface area contributed by atoms with E-state index in [0.717, 1.165) is 44.1 Å². The molecule has 7 heteroatoms. The van der Waals surface area contributed by atoms with Crippen LogP contribution in [0, 0.1) is 17.8 Å². The summed E-state index contributed by atoms with van der Waals surface area (Å²) in [6, 6.07) is 5.80. The van der Waals surface area contributed by atoms with Crippen LogP contribution in [0.15, 0.2) is 18.2 Å². The van der Waals surface area contributed by atoms with Crippen LogP contribution in [0.25, 0.3) is 0 Å². The quantitative estimate of drug-likeness (QED) is 0.546. The van der Waals surface area contributed by atoms with Gasteiger partial charge in [-0.2, -0.15) is 0 Å². The molecule has 1 fully saturated rings. The van der Waals surface area contributed by atoms with E-state index in [1.165, 1.54) is 12.7 Å². The van der Waals surface area contributed by atoms with Crippen LogP contribution in [0.5, 0.6) is 5.75 Å². The number of hydrogen-bond acceptors (Lipinski definition) is 6. The number of ether oxygens (including phenoxy) is 3. The van der Waals surface area contributed by atoms with Gasteiger partial charge in [0.25, 0.3) is 0 Å². The molecule has 0 aromatic heterocycles. The van der Waals surface area contributed by atoms with Gasteiger partial charge in [0.2, 0.25) is 0 Å². The van der Waals surface area contributed by atoms with Gasteiger partial charge in [0, 0.05) is 7.11 Å². The van der Waals surface area contributed by atoms with Crippen molar-refractivity contribution >= 4 is 11.9 Å². The molecule has 2 aliphatic rings. The van der Waals surface area contributed by atoms with Crippen LogP contribution < -0.4 is 4.74 Å². The SMILES string of the molecule is CC[C@@H](CC[C@@H]1[C@H]2Cc3cccc(OCC(=O)O)c3C[C@H]2C[C@H]1O)OC(=O)[C@H](C)OC. The smallest absolute Gasteiger partial charge is 0.341 e. The summed E-state index contributed by atoms with van der Waals surface area (Å²) in [5, 5.41) is 19.7. The first-order valence-electron chi connectivity index (χ1n) is 11.2. The maximum Gasteiger partial charge on any atom is 0.341 e. The predicted molar refractivity (Wildman–Crippen MR) is 114 cm³/mol. The van der Waals surface area contributed by atoms with E-state index in [0.29, 0.717) is 17.6 Å². The fourth-order valence-corrected chi connectivity index (χ4v) is 5.16. The van der Waals surface area contributed by atoms with Gasteiger partial charge in [-0.25, -0.2) is 9.59 Å². The van der Waals surface area contributed by atoms with E-state index < -0.39 is 12.1 Å². The molecule has 3 rings (SSSR count). The third-order valence-electron chi connectivity index (χ3n) is 6.94. The first-order valence-corrected chi connectivity index (χ1v) is 11.2. The van der Waals surface area contributed by atoms with Crippen molar-refractivity contribution in [3.63, 3.8) is 0 Å². The van der Waals surface area contributed by atoms with Crippen molar-refractivity contribution in [1.29, 1.82) is 0 Å². The lowest BCUT2D eigenvalue weighted by Crippen LogP contribution is -2.30. The van der Waals surface area contributed by atoms with Crippen LogP contribution in [-0.2, 0) is 31.9 Å². The van der Waals surface area contributed by atoms with Crippen molar-refractivity contribution in [2.75, 3.05) is 13.7 Å². The molecule has 0 spiro atoms. The molecule has 0 unspecified atom stereocenters. The maximum atomic E-state index is 12.1. The Labute approximate surface area is 183 Å². The molecule has 0 radical (unpaired) electrons. The summed E-state index contributed by atoms with van der Waals surface area (Å²) in [5.74, 6) is 0.172. The van der Waals surface area contributed by atoms with E-state index >= 15 is 0 Å². The Kier molecular flexibility index (Phi) is 7.94. The third-order valence-corrected chi connectivity index (χ3v) is 6.94. The van der Waals surface area contributed by atoms with Gasteiger partial charge in [-0.15, -0.1) is 0 Å². The van der Waals surface area contributed by atoms with Gasteiger partial charge >= 0.3 is 11.9 Å². The summed E-state index contributed by atoms with van der Waals surface area (Å²) in [4.78, 5) is 22.9. The lowest BCUT2D eigenvalue weighted by Gasteiger charge is -2.32. The third kappa shape index (κ3) is 5.57.